The Balaban J connectivity index is 1.34. The smallest absolute Gasteiger partial charge is 0.00983 e. The molecular formula is C21H39N. The van der Waals surface area contributed by atoms with Crippen LogP contribution in [0.3, 0.4) is 0 Å². The predicted octanol–water partition coefficient (Wildman–Crippen LogP) is 5.79. The summed E-state index contributed by atoms with van der Waals surface area (Å²) in [6.45, 7) is 8.79. The molecule has 0 saturated heterocycles. The molecule has 0 aromatic heterocycles. The summed E-state index contributed by atoms with van der Waals surface area (Å²) in [5.41, 5.74) is 0.635. The van der Waals surface area contributed by atoms with E-state index in [1.54, 1.807) is 0 Å². The van der Waals surface area contributed by atoms with Crippen molar-refractivity contribution in [3.8, 4) is 0 Å². The minimum absolute atomic E-state index is 0.635. The molecule has 0 aromatic rings. The van der Waals surface area contributed by atoms with Gasteiger partial charge in [0.2, 0.25) is 0 Å². The standard InChI is InChI=1S/C21H39N/c1-16-19-14-18(21(19,2)3)15-20(16)22-13-9-12-17-10-7-5-4-6-8-11-17/h16-20,22H,4-15H2,1-3H3/t16-,18+,19?,20-/m1/s1. The van der Waals surface area contributed by atoms with Crippen LogP contribution in [0.2, 0.25) is 0 Å². The van der Waals surface area contributed by atoms with Crippen molar-refractivity contribution in [2.45, 2.75) is 97.4 Å². The second kappa shape index (κ2) is 7.24. The third-order valence-corrected chi connectivity index (χ3v) is 7.77. The molecule has 22 heavy (non-hydrogen) atoms. The third kappa shape index (κ3) is 3.55. The van der Waals surface area contributed by atoms with E-state index < -0.39 is 0 Å². The van der Waals surface area contributed by atoms with Crippen LogP contribution >= 0.6 is 0 Å². The van der Waals surface area contributed by atoms with Gasteiger partial charge in [0.1, 0.15) is 0 Å². The molecule has 0 radical (unpaired) electrons. The highest BCUT2D eigenvalue weighted by Crippen LogP contribution is 2.61. The van der Waals surface area contributed by atoms with E-state index in [-0.39, 0.29) is 0 Å². The maximum Gasteiger partial charge on any atom is 0.00983 e. The Bertz CT molecular complexity index is 340. The van der Waals surface area contributed by atoms with Crippen molar-refractivity contribution in [3.63, 3.8) is 0 Å². The van der Waals surface area contributed by atoms with Crippen molar-refractivity contribution in [1.82, 2.24) is 5.32 Å². The van der Waals surface area contributed by atoms with Crippen LogP contribution in [0.1, 0.15) is 91.4 Å². The van der Waals surface area contributed by atoms with Gasteiger partial charge in [0.25, 0.3) is 0 Å². The minimum Gasteiger partial charge on any atom is -0.314 e. The van der Waals surface area contributed by atoms with Gasteiger partial charge in [0.05, 0.1) is 0 Å². The zero-order valence-corrected chi connectivity index (χ0v) is 15.4. The van der Waals surface area contributed by atoms with E-state index in [0.29, 0.717) is 5.41 Å². The molecule has 4 fully saturated rings. The Morgan fingerprint density at radius 2 is 1.64 bits per heavy atom. The highest BCUT2D eigenvalue weighted by Gasteiger charge is 2.55. The molecule has 4 atom stereocenters. The Labute approximate surface area is 139 Å². The van der Waals surface area contributed by atoms with Crippen LogP contribution in [0, 0.1) is 29.1 Å². The summed E-state index contributed by atoms with van der Waals surface area (Å²) in [5.74, 6) is 3.91. The molecule has 2 bridgehead atoms. The van der Waals surface area contributed by atoms with Crippen molar-refractivity contribution >= 4 is 0 Å². The highest BCUT2D eigenvalue weighted by molar-refractivity contribution is 5.06. The van der Waals surface area contributed by atoms with Crippen molar-refractivity contribution < 1.29 is 0 Å². The molecule has 0 heterocycles. The maximum atomic E-state index is 3.94. The van der Waals surface area contributed by atoms with Crippen molar-refractivity contribution in [1.29, 1.82) is 0 Å². The Morgan fingerprint density at radius 3 is 2.27 bits per heavy atom. The van der Waals surface area contributed by atoms with Gasteiger partial charge in [-0.15, -0.1) is 0 Å². The van der Waals surface area contributed by atoms with E-state index in [0.717, 1.165) is 29.7 Å². The largest absolute Gasteiger partial charge is 0.314 e. The van der Waals surface area contributed by atoms with Gasteiger partial charge >= 0.3 is 0 Å². The van der Waals surface area contributed by atoms with E-state index in [9.17, 15) is 0 Å². The van der Waals surface area contributed by atoms with Crippen LogP contribution in [0.25, 0.3) is 0 Å². The van der Waals surface area contributed by atoms with Gasteiger partial charge < -0.3 is 5.32 Å². The first-order valence-electron chi connectivity index (χ1n) is 10.3. The van der Waals surface area contributed by atoms with E-state index in [4.69, 9.17) is 0 Å². The first-order chi connectivity index (χ1) is 10.6. The number of rotatable bonds is 5. The average Bonchev–Trinajstić information content (AvgIpc) is 2.46. The van der Waals surface area contributed by atoms with Crippen LogP contribution in [-0.4, -0.2) is 12.6 Å². The zero-order valence-electron chi connectivity index (χ0n) is 15.4. The lowest BCUT2D eigenvalue weighted by atomic mass is 9.45. The monoisotopic (exact) mass is 305 g/mol. The van der Waals surface area contributed by atoms with Gasteiger partial charge in [0, 0.05) is 6.04 Å². The minimum atomic E-state index is 0.635. The number of hydrogen-bond donors (Lipinski definition) is 1. The molecule has 0 amide bonds. The lowest BCUT2D eigenvalue weighted by Crippen LogP contribution is -2.60. The maximum absolute atomic E-state index is 3.94. The van der Waals surface area contributed by atoms with E-state index in [1.807, 2.05) is 0 Å². The average molecular weight is 306 g/mol. The summed E-state index contributed by atoms with van der Waals surface area (Å²) in [5, 5.41) is 3.94. The lowest BCUT2D eigenvalue weighted by molar-refractivity contribution is -0.115. The molecule has 0 spiro atoms. The first kappa shape index (κ1) is 16.8. The summed E-state index contributed by atoms with van der Waals surface area (Å²) < 4.78 is 0. The van der Waals surface area contributed by atoms with Crippen molar-refractivity contribution in [2.24, 2.45) is 29.1 Å². The summed E-state index contributed by atoms with van der Waals surface area (Å²) in [4.78, 5) is 0. The molecule has 0 aliphatic heterocycles. The topological polar surface area (TPSA) is 12.0 Å². The quantitative estimate of drug-likeness (QED) is 0.634. The summed E-state index contributed by atoms with van der Waals surface area (Å²) in [6, 6.07) is 0.814. The molecular weight excluding hydrogens is 266 g/mol. The molecule has 4 saturated carbocycles. The first-order valence-corrected chi connectivity index (χ1v) is 10.3. The SMILES string of the molecule is C[C@@H]1C2C[C@@H](C[C@H]1NCCCC1CCCCCCC1)C2(C)C. The summed E-state index contributed by atoms with van der Waals surface area (Å²) in [6.07, 6.45) is 16.3. The van der Waals surface area contributed by atoms with Crippen molar-refractivity contribution in [2.75, 3.05) is 6.54 Å². The fraction of sp³-hybridized carbons (Fsp3) is 1.00. The summed E-state index contributed by atoms with van der Waals surface area (Å²) in [7, 11) is 0. The number of hydrogen-bond acceptors (Lipinski definition) is 1. The van der Waals surface area contributed by atoms with E-state index >= 15 is 0 Å². The van der Waals surface area contributed by atoms with Gasteiger partial charge in [-0.25, -0.2) is 0 Å². The fourth-order valence-electron chi connectivity index (χ4n) is 5.93. The van der Waals surface area contributed by atoms with Crippen LogP contribution in [0.5, 0.6) is 0 Å². The molecule has 128 valence electrons. The molecule has 1 N–H and O–H groups in total. The Morgan fingerprint density at radius 1 is 0.955 bits per heavy atom. The van der Waals surface area contributed by atoms with Crippen LogP contribution in [0.15, 0.2) is 0 Å². The van der Waals surface area contributed by atoms with Gasteiger partial charge in [-0.1, -0.05) is 65.7 Å². The molecule has 1 heteroatoms. The normalized spacial score (nSPS) is 38.9. The van der Waals surface area contributed by atoms with Crippen LogP contribution in [-0.2, 0) is 0 Å². The zero-order chi connectivity index (χ0) is 15.6. The van der Waals surface area contributed by atoms with Crippen molar-refractivity contribution in [3.05, 3.63) is 0 Å². The second-order valence-corrected chi connectivity index (χ2v) is 9.37. The molecule has 1 nitrogen and oxygen atoms in total. The fourth-order valence-corrected chi connectivity index (χ4v) is 5.93. The Kier molecular flexibility index (Phi) is 5.53. The third-order valence-electron chi connectivity index (χ3n) is 7.77. The molecule has 4 aliphatic rings. The number of nitrogens with one attached hydrogen (secondary N) is 1. The predicted molar refractivity (Wildman–Crippen MR) is 96.0 cm³/mol. The molecule has 1 unspecified atom stereocenters. The van der Waals surface area contributed by atoms with E-state index in [2.05, 4.69) is 26.1 Å². The summed E-state index contributed by atoms with van der Waals surface area (Å²) >= 11 is 0. The number of fused-ring (bicyclic) bond motifs is 2. The van der Waals surface area contributed by atoms with Crippen LogP contribution < -0.4 is 5.32 Å². The van der Waals surface area contributed by atoms with Gasteiger partial charge in [-0.2, -0.15) is 0 Å². The Hall–Kier alpha value is -0.0400. The van der Waals surface area contributed by atoms with E-state index in [1.165, 1.54) is 77.2 Å². The highest BCUT2D eigenvalue weighted by atomic mass is 14.9. The van der Waals surface area contributed by atoms with Gasteiger partial charge in [0.15, 0.2) is 0 Å². The molecule has 4 aliphatic carbocycles. The molecule has 4 rings (SSSR count). The van der Waals surface area contributed by atoms with Gasteiger partial charge in [-0.3, -0.25) is 0 Å². The molecule has 0 aromatic carbocycles. The van der Waals surface area contributed by atoms with Crippen LogP contribution in [0.4, 0.5) is 0 Å². The van der Waals surface area contributed by atoms with Gasteiger partial charge in [-0.05, 0) is 61.3 Å². The lowest BCUT2D eigenvalue weighted by Gasteiger charge is -2.62. The second-order valence-electron chi connectivity index (χ2n) is 9.37.